The highest BCUT2D eigenvalue weighted by Crippen LogP contribution is 2.11. The van der Waals surface area contributed by atoms with Crippen LogP contribution in [0.25, 0.3) is 5.57 Å². The number of benzene rings is 1. The van der Waals surface area contributed by atoms with Gasteiger partial charge in [-0.25, -0.2) is 0 Å². The lowest BCUT2D eigenvalue weighted by molar-refractivity contribution is 0.343. The van der Waals surface area contributed by atoms with Gasteiger partial charge in [0.15, 0.2) is 0 Å². The van der Waals surface area contributed by atoms with Crippen LogP contribution < -0.4 is 0 Å². The minimum absolute atomic E-state index is 0.112. The first-order valence-electron chi connectivity index (χ1n) is 3.67. The van der Waals surface area contributed by atoms with Crippen LogP contribution in [0.3, 0.4) is 0 Å². The Morgan fingerprint density at radius 2 is 2.00 bits per heavy atom. The first-order valence-corrected chi connectivity index (χ1v) is 3.67. The molecular formula is C10H12O. The molecule has 0 aliphatic carbocycles. The predicted octanol–water partition coefficient (Wildman–Crippen LogP) is 2.08. The van der Waals surface area contributed by atoms with Crippen molar-refractivity contribution in [3.8, 4) is 0 Å². The van der Waals surface area contributed by atoms with Crippen molar-refractivity contribution in [1.29, 1.82) is 0 Å². The molecule has 0 aliphatic rings. The Hall–Kier alpha value is -1.08. The third-order valence-electron chi connectivity index (χ3n) is 1.63. The molecular weight excluding hydrogens is 136 g/mol. The van der Waals surface area contributed by atoms with Crippen LogP contribution in [0.15, 0.2) is 36.4 Å². The topological polar surface area (TPSA) is 20.2 Å². The van der Waals surface area contributed by atoms with Crippen LogP contribution in [-0.4, -0.2) is 11.7 Å². The molecule has 58 valence electrons. The lowest BCUT2D eigenvalue weighted by Gasteiger charge is -1.98. The normalized spacial score (nSPS) is 11.6. The van der Waals surface area contributed by atoms with Crippen LogP contribution in [0, 0.1) is 0 Å². The van der Waals surface area contributed by atoms with Crippen LogP contribution in [0.5, 0.6) is 0 Å². The van der Waals surface area contributed by atoms with E-state index in [-0.39, 0.29) is 6.61 Å². The van der Waals surface area contributed by atoms with Gasteiger partial charge in [0, 0.05) is 0 Å². The number of hydrogen-bond acceptors (Lipinski definition) is 1. The van der Waals surface area contributed by atoms with Gasteiger partial charge < -0.3 is 5.11 Å². The summed E-state index contributed by atoms with van der Waals surface area (Å²) in [4.78, 5) is 0. The van der Waals surface area contributed by atoms with Gasteiger partial charge in [0.2, 0.25) is 0 Å². The molecule has 0 amide bonds. The lowest BCUT2D eigenvalue weighted by Crippen LogP contribution is -1.80. The standard InChI is InChI=1S/C10H12O/c1-9(7-8-11)10-5-3-2-4-6-10/h2-7,11H,8H2,1H3. The van der Waals surface area contributed by atoms with Crippen LogP contribution in [0.4, 0.5) is 0 Å². The largest absolute Gasteiger partial charge is 0.392 e. The van der Waals surface area contributed by atoms with E-state index in [2.05, 4.69) is 0 Å². The van der Waals surface area contributed by atoms with Crippen LogP contribution in [-0.2, 0) is 0 Å². The molecule has 1 N–H and O–H groups in total. The van der Waals surface area contributed by atoms with Crippen molar-refractivity contribution < 1.29 is 5.11 Å². The summed E-state index contributed by atoms with van der Waals surface area (Å²) in [6.45, 7) is 2.10. The molecule has 1 nitrogen and oxygen atoms in total. The minimum Gasteiger partial charge on any atom is -0.392 e. The van der Waals surface area contributed by atoms with Crippen molar-refractivity contribution in [3.63, 3.8) is 0 Å². The summed E-state index contributed by atoms with van der Waals surface area (Å²) in [6.07, 6.45) is 1.80. The van der Waals surface area contributed by atoms with E-state index in [1.165, 1.54) is 5.56 Å². The van der Waals surface area contributed by atoms with Crippen LogP contribution >= 0.6 is 0 Å². The number of hydrogen-bond donors (Lipinski definition) is 1. The Bertz CT molecular complexity index is 236. The van der Waals surface area contributed by atoms with E-state index in [0.717, 1.165) is 5.57 Å². The zero-order valence-electron chi connectivity index (χ0n) is 6.62. The molecule has 0 spiro atoms. The first kappa shape index (κ1) is 8.02. The Morgan fingerprint density at radius 1 is 1.36 bits per heavy atom. The second-order valence-electron chi connectivity index (χ2n) is 2.44. The lowest BCUT2D eigenvalue weighted by atomic mass is 10.1. The van der Waals surface area contributed by atoms with Crippen molar-refractivity contribution in [3.05, 3.63) is 42.0 Å². The average Bonchev–Trinajstić information content (AvgIpc) is 2.07. The molecule has 0 saturated carbocycles. The number of aliphatic hydroxyl groups is 1. The van der Waals surface area contributed by atoms with Gasteiger partial charge in [-0.05, 0) is 18.1 Å². The molecule has 0 radical (unpaired) electrons. The second-order valence-corrected chi connectivity index (χ2v) is 2.44. The molecule has 0 fully saturated rings. The van der Waals surface area contributed by atoms with Crippen molar-refractivity contribution in [2.45, 2.75) is 6.92 Å². The van der Waals surface area contributed by atoms with Crippen molar-refractivity contribution in [1.82, 2.24) is 0 Å². The third-order valence-corrected chi connectivity index (χ3v) is 1.63. The fourth-order valence-corrected chi connectivity index (χ4v) is 0.956. The SMILES string of the molecule is CC(=CCO)c1ccccc1. The Labute approximate surface area is 67.0 Å². The molecule has 1 heteroatoms. The smallest absolute Gasteiger partial charge is 0.0618 e. The van der Waals surface area contributed by atoms with E-state index in [0.29, 0.717) is 0 Å². The van der Waals surface area contributed by atoms with E-state index in [4.69, 9.17) is 5.11 Å². The Morgan fingerprint density at radius 3 is 2.55 bits per heavy atom. The fraction of sp³-hybridized carbons (Fsp3) is 0.200. The van der Waals surface area contributed by atoms with Crippen molar-refractivity contribution in [2.24, 2.45) is 0 Å². The molecule has 0 aromatic heterocycles. The van der Waals surface area contributed by atoms with Gasteiger partial charge in [-0.15, -0.1) is 0 Å². The van der Waals surface area contributed by atoms with Crippen molar-refractivity contribution >= 4 is 5.57 Å². The maximum atomic E-state index is 8.62. The van der Waals surface area contributed by atoms with E-state index in [1.54, 1.807) is 6.08 Å². The second kappa shape index (κ2) is 3.94. The van der Waals surface area contributed by atoms with Gasteiger partial charge in [0.25, 0.3) is 0 Å². The van der Waals surface area contributed by atoms with Gasteiger partial charge in [-0.2, -0.15) is 0 Å². The highest BCUT2D eigenvalue weighted by molar-refractivity contribution is 5.63. The zero-order chi connectivity index (χ0) is 8.10. The summed E-state index contributed by atoms with van der Waals surface area (Å²) in [5.41, 5.74) is 2.29. The summed E-state index contributed by atoms with van der Waals surface area (Å²) >= 11 is 0. The average molecular weight is 148 g/mol. The summed E-state index contributed by atoms with van der Waals surface area (Å²) in [7, 11) is 0. The summed E-state index contributed by atoms with van der Waals surface area (Å²) < 4.78 is 0. The molecule has 0 bridgehead atoms. The maximum Gasteiger partial charge on any atom is 0.0618 e. The molecule has 0 heterocycles. The molecule has 1 aromatic carbocycles. The monoisotopic (exact) mass is 148 g/mol. The number of rotatable bonds is 2. The van der Waals surface area contributed by atoms with Gasteiger partial charge >= 0.3 is 0 Å². The minimum atomic E-state index is 0.112. The van der Waals surface area contributed by atoms with E-state index in [9.17, 15) is 0 Å². The van der Waals surface area contributed by atoms with Gasteiger partial charge in [-0.1, -0.05) is 36.4 Å². The molecule has 1 rings (SSSR count). The molecule has 0 saturated heterocycles. The summed E-state index contributed by atoms with van der Waals surface area (Å²) in [6, 6.07) is 10.0. The maximum absolute atomic E-state index is 8.62. The summed E-state index contributed by atoms with van der Waals surface area (Å²) in [5, 5.41) is 8.62. The van der Waals surface area contributed by atoms with E-state index >= 15 is 0 Å². The highest BCUT2D eigenvalue weighted by Gasteiger charge is 1.90. The third kappa shape index (κ3) is 2.20. The van der Waals surface area contributed by atoms with Crippen LogP contribution in [0.1, 0.15) is 12.5 Å². The molecule has 0 atom stereocenters. The Kier molecular flexibility index (Phi) is 2.87. The summed E-state index contributed by atoms with van der Waals surface area (Å²) in [5.74, 6) is 0. The van der Waals surface area contributed by atoms with Gasteiger partial charge in [0.1, 0.15) is 0 Å². The number of aliphatic hydroxyl groups excluding tert-OH is 1. The molecule has 1 aromatic rings. The van der Waals surface area contributed by atoms with E-state index in [1.807, 2.05) is 37.3 Å². The van der Waals surface area contributed by atoms with Gasteiger partial charge in [0.05, 0.1) is 6.61 Å². The molecule has 0 unspecified atom stereocenters. The highest BCUT2D eigenvalue weighted by atomic mass is 16.2. The Balaban J connectivity index is 2.85. The fourth-order valence-electron chi connectivity index (χ4n) is 0.956. The first-order chi connectivity index (χ1) is 5.34. The number of allylic oxidation sites excluding steroid dienone is 1. The van der Waals surface area contributed by atoms with E-state index < -0.39 is 0 Å². The van der Waals surface area contributed by atoms with Crippen molar-refractivity contribution in [2.75, 3.05) is 6.61 Å². The quantitative estimate of drug-likeness (QED) is 0.680. The zero-order valence-corrected chi connectivity index (χ0v) is 6.62. The predicted molar refractivity (Wildman–Crippen MR) is 47.2 cm³/mol. The van der Waals surface area contributed by atoms with Gasteiger partial charge in [-0.3, -0.25) is 0 Å². The van der Waals surface area contributed by atoms with Crippen LogP contribution in [0.2, 0.25) is 0 Å². The molecule has 0 aliphatic heterocycles. The molecule has 11 heavy (non-hydrogen) atoms.